The van der Waals surface area contributed by atoms with Gasteiger partial charge in [0.1, 0.15) is 5.75 Å². The maximum Gasteiger partial charge on any atom is 0.243 e. The highest BCUT2D eigenvalue weighted by atomic mass is 32.2. The predicted molar refractivity (Wildman–Crippen MR) is 86.9 cm³/mol. The van der Waals surface area contributed by atoms with Crippen molar-refractivity contribution in [2.45, 2.75) is 23.7 Å². The molecule has 0 saturated carbocycles. The van der Waals surface area contributed by atoms with Crippen LogP contribution in [0, 0.1) is 0 Å². The molecule has 23 heavy (non-hydrogen) atoms. The van der Waals surface area contributed by atoms with E-state index in [0.717, 1.165) is 18.5 Å². The molecule has 2 heterocycles. The van der Waals surface area contributed by atoms with Crippen LogP contribution < -0.4 is 4.74 Å². The summed E-state index contributed by atoms with van der Waals surface area (Å²) in [7, 11) is -0.106. The van der Waals surface area contributed by atoms with Crippen molar-refractivity contribution in [1.29, 1.82) is 0 Å². The summed E-state index contributed by atoms with van der Waals surface area (Å²) in [5.41, 5.74) is 0.957. The Morgan fingerprint density at radius 2 is 2.13 bits per heavy atom. The molecule has 1 atom stereocenters. The fourth-order valence-electron chi connectivity index (χ4n) is 2.96. The summed E-state index contributed by atoms with van der Waals surface area (Å²) < 4.78 is 34.2. The van der Waals surface area contributed by atoms with E-state index in [-0.39, 0.29) is 10.8 Å². The molecule has 1 aromatic carbocycles. The predicted octanol–water partition coefficient (Wildman–Crippen LogP) is 2.00. The van der Waals surface area contributed by atoms with Gasteiger partial charge in [-0.25, -0.2) is 8.42 Å². The second-order valence-corrected chi connectivity index (χ2v) is 7.73. The molecule has 0 N–H and O–H groups in total. The first kappa shape index (κ1) is 16.0. The van der Waals surface area contributed by atoms with Crippen LogP contribution in [0.4, 0.5) is 0 Å². The minimum Gasteiger partial charge on any atom is -0.497 e. The largest absolute Gasteiger partial charge is 0.497 e. The fraction of sp³-hybridized carbons (Fsp3) is 0.438. The molecule has 3 rings (SSSR count). The van der Waals surface area contributed by atoms with Crippen molar-refractivity contribution in [3.63, 3.8) is 0 Å². The van der Waals surface area contributed by atoms with Gasteiger partial charge in [-0.3, -0.25) is 4.68 Å². The van der Waals surface area contributed by atoms with E-state index in [2.05, 4.69) is 5.10 Å². The zero-order chi connectivity index (χ0) is 16.4. The average molecular weight is 335 g/mol. The Morgan fingerprint density at radius 3 is 2.83 bits per heavy atom. The van der Waals surface area contributed by atoms with Crippen molar-refractivity contribution < 1.29 is 13.2 Å². The Morgan fingerprint density at radius 1 is 1.30 bits per heavy atom. The second kappa shape index (κ2) is 6.33. The number of aryl methyl sites for hydroxylation is 1. The number of rotatable bonds is 4. The van der Waals surface area contributed by atoms with Gasteiger partial charge >= 0.3 is 0 Å². The normalized spacial score (nSPS) is 19.7. The average Bonchev–Trinajstić information content (AvgIpc) is 3.01. The first-order chi connectivity index (χ1) is 11.0. The Bertz CT molecular complexity index is 785. The van der Waals surface area contributed by atoms with Gasteiger partial charge in [-0.15, -0.1) is 0 Å². The van der Waals surface area contributed by atoms with Crippen molar-refractivity contribution in [2.75, 3.05) is 20.2 Å². The van der Waals surface area contributed by atoms with Gasteiger partial charge in [-0.05, 0) is 31.0 Å². The lowest BCUT2D eigenvalue weighted by Gasteiger charge is -2.31. The van der Waals surface area contributed by atoms with Crippen LogP contribution in [-0.2, 0) is 17.1 Å². The van der Waals surface area contributed by atoms with Gasteiger partial charge in [-0.2, -0.15) is 9.40 Å². The van der Waals surface area contributed by atoms with Crippen molar-refractivity contribution in [1.82, 2.24) is 14.1 Å². The minimum atomic E-state index is -3.51. The van der Waals surface area contributed by atoms with Gasteiger partial charge in [0.15, 0.2) is 0 Å². The van der Waals surface area contributed by atoms with E-state index in [4.69, 9.17) is 4.74 Å². The third-order valence-corrected chi connectivity index (χ3v) is 6.08. The van der Waals surface area contributed by atoms with Gasteiger partial charge < -0.3 is 4.74 Å². The molecule has 1 saturated heterocycles. The lowest BCUT2D eigenvalue weighted by atomic mass is 9.96. The summed E-state index contributed by atoms with van der Waals surface area (Å²) in [6.45, 7) is 1.01. The van der Waals surface area contributed by atoms with Crippen LogP contribution in [0.1, 0.15) is 24.5 Å². The van der Waals surface area contributed by atoms with Gasteiger partial charge in [0, 0.05) is 38.3 Å². The molecule has 0 amide bonds. The molecule has 1 fully saturated rings. The van der Waals surface area contributed by atoms with E-state index >= 15 is 0 Å². The van der Waals surface area contributed by atoms with Gasteiger partial charge in [-0.1, -0.05) is 6.07 Å². The molecular weight excluding hydrogens is 314 g/mol. The highest BCUT2D eigenvalue weighted by Gasteiger charge is 2.31. The molecule has 0 bridgehead atoms. The highest BCUT2D eigenvalue weighted by molar-refractivity contribution is 7.89. The number of nitrogens with zero attached hydrogens (tertiary/aromatic N) is 3. The molecule has 0 unspecified atom stereocenters. The molecule has 2 aromatic rings. The summed E-state index contributed by atoms with van der Waals surface area (Å²) in [5, 5.41) is 4.43. The third kappa shape index (κ3) is 3.25. The molecule has 0 aliphatic carbocycles. The Balaban J connectivity index is 1.84. The minimum absolute atomic E-state index is 0.144. The number of benzene rings is 1. The van der Waals surface area contributed by atoms with E-state index in [9.17, 15) is 8.42 Å². The number of piperidine rings is 1. The highest BCUT2D eigenvalue weighted by Crippen LogP contribution is 2.30. The number of hydrogen-bond donors (Lipinski definition) is 0. The SMILES string of the molecule is COc1cccc(S(=O)(=O)N2CCC[C@@H](c3ccn(C)n3)C2)c1. The van der Waals surface area contributed by atoms with Crippen molar-refractivity contribution in [3.8, 4) is 5.75 Å². The van der Waals surface area contributed by atoms with E-state index in [0.29, 0.717) is 18.8 Å². The molecule has 7 heteroatoms. The van der Waals surface area contributed by atoms with Crippen LogP contribution in [0.15, 0.2) is 41.4 Å². The molecule has 124 valence electrons. The lowest BCUT2D eigenvalue weighted by Crippen LogP contribution is -2.39. The molecular formula is C16H21N3O3S. The zero-order valence-corrected chi connectivity index (χ0v) is 14.2. The lowest BCUT2D eigenvalue weighted by molar-refractivity contribution is 0.311. The first-order valence-corrected chi connectivity index (χ1v) is 9.08. The van der Waals surface area contributed by atoms with Crippen LogP contribution in [-0.4, -0.2) is 42.7 Å². The molecule has 0 radical (unpaired) electrons. The van der Waals surface area contributed by atoms with Crippen molar-refractivity contribution in [3.05, 3.63) is 42.2 Å². The van der Waals surface area contributed by atoms with Gasteiger partial charge in [0.05, 0.1) is 17.7 Å². The van der Waals surface area contributed by atoms with E-state index < -0.39 is 10.0 Å². The molecule has 1 aliphatic rings. The van der Waals surface area contributed by atoms with Crippen LogP contribution in [0.2, 0.25) is 0 Å². The molecule has 0 spiro atoms. The summed E-state index contributed by atoms with van der Waals surface area (Å²) >= 11 is 0. The summed E-state index contributed by atoms with van der Waals surface area (Å²) in [6, 6.07) is 8.59. The summed E-state index contributed by atoms with van der Waals surface area (Å²) in [5.74, 6) is 0.690. The Labute approximate surface area is 136 Å². The number of ether oxygens (including phenoxy) is 1. The first-order valence-electron chi connectivity index (χ1n) is 7.64. The van der Waals surface area contributed by atoms with Crippen LogP contribution in [0.3, 0.4) is 0 Å². The topological polar surface area (TPSA) is 64.4 Å². The smallest absolute Gasteiger partial charge is 0.243 e. The zero-order valence-electron chi connectivity index (χ0n) is 13.3. The van der Waals surface area contributed by atoms with Crippen molar-refractivity contribution in [2.24, 2.45) is 7.05 Å². The Hall–Kier alpha value is -1.86. The van der Waals surface area contributed by atoms with Gasteiger partial charge in [0.25, 0.3) is 0 Å². The van der Waals surface area contributed by atoms with Crippen molar-refractivity contribution >= 4 is 10.0 Å². The van der Waals surface area contributed by atoms with E-state index in [1.54, 1.807) is 33.3 Å². The summed E-state index contributed by atoms with van der Waals surface area (Å²) in [4.78, 5) is 0.276. The second-order valence-electron chi connectivity index (χ2n) is 5.80. The number of methoxy groups -OCH3 is 1. The maximum atomic E-state index is 12.9. The van der Waals surface area contributed by atoms with Crippen LogP contribution in [0.25, 0.3) is 0 Å². The Kier molecular flexibility index (Phi) is 4.41. The molecule has 6 nitrogen and oxygen atoms in total. The number of aromatic nitrogens is 2. The number of hydrogen-bond acceptors (Lipinski definition) is 4. The number of sulfonamides is 1. The van der Waals surface area contributed by atoms with E-state index in [1.165, 1.54) is 7.11 Å². The quantitative estimate of drug-likeness (QED) is 0.857. The van der Waals surface area contributed by atoms with Crippen LogP contribution in [0.5, 0.6) is 5.75 Å². The van der Waals surface area contributed by atoms with E-state index in [1.807, 2.05) is 19.3 Å². The fourth-order valence-corrected chi connectivity index (χ4v) is 4.52. The standard InChI is InChI=1S/C16H21N3O3S/c1-18-10-8-16(17-18)13-5-4-9-19(12-13)23(20,21)15-7-3-6-14(11-15)22-2/h3,6-8,10-11,13H,4-5,9,12H2,1-2H3/t13-/m1/s1. The molecule has 1 aromatic heterocycles. The van der Waals surface area contributed by atoms with Crippen LogP contribution >= 0.6 is 0 Å². The maximum absolute atomic E-state index is 12.9. The monoisotopic (exact) mass is 335 g/mol. The van der Waals surface area contributed by atoms with Gasteiger partial charge in [0.2, 0.25) is 10.0 Å². The third-order valence-electron chi connectivity index (χ3n) is 4.22. The molecule has 1 aliphatic heterocycles. The summed E-state index contributed by atoms with van der Waals surface area (Å²) in [6.07, 6.45) is 3.69.